The molecular formula is C29H37Cl2N3O. The fourth-order valence-corrected chi connectivity index (χ4v) is 5.44. The van der Waals surface area contributed by atoms with Crippen LogP contribution in [0.2, 0.25) is 10.0 Å². The third-order valence-corrected chi connectivity index (χ3v) is 7.54. The first kappa shape index (κ1) is 26.2. The summed E-state index contributed by atoms with van der Waals surface area (Å²) in [6.45, 7) is 11.7. The summed E-state index contributed by atoms with van der Waals surface area (Å²) in [6.07, 6.45) is 5.43. The Morgan fingerprint density at radius 2 is 1.80 bits per heavy atom. The zero-order chi connectivity index (χ0) is 24.6. The lowest BCUT2D eigenvalue weighted by Crippen LogP contribution is -2.47. The molecule has 0 bridgehead atoms. The first-order valence-electron chi connectivity index (χ1n) is 12.8. The van der Waals surface area contributed by atoms with E-state index in [2.05, 4.69) is 65.2 Å². The van der Waals surface area contributed by atoms with Gasteiger partial charge in [0.05, 0.1) is 5.71 Å². The number of hydrogen-bond acceptors (Lipinski definition) is 4. The normalized spacial score (nSPS) is 23.0. The Kier molecular flexibility index (Phi) is 9.67. The van der Waals surface area contributed by atoms with Crippen LogP contribution in [0.3, 0.4) is 0 Å². The molecule has 1 heterocycles. The van der Waals surface area contributed by atoms with Gasteiger partial charge in [0.25, 0.3) is 0 Å². The maximum Gasteiger partial charge on any atom is 0.120 e. The first-order valence-corrected chi connectivity index (χ1v) is 13.6. The minimum atomic E-state index is 0.383. The van der Waals surface area contributed by atoms with Crippen LogP contribution in [-0.4, -0.2) is 54.8 Å². The molecule has 0 radical (unpaired) electrons. The van der Waals surface area contributed by atoms with Gasteiger partial charge in [-0.25, -0.2) is 0 Å². The average molecular weight is 515 g/mol. The number of nitrogens with zero attached hydrogens (tertiary/aromatic N) is 3. The standard InChI is InChI=1S/C29H37Cl2N3O/c1-22(19-33-13-15-34(16-14-33)20-24-8-4-3-5-9-24)21-35-32-29-23(2)7-6-10-26(29)17-25-11-12-27(30)18-28(25)31/h3-5,8-9,11-12,17-18,22-23H,6-7,10,13-16,19-21H2,1-2H3/b26-17+,32-29?/t22-,23+/m1/s1. The molecule has 35 heavy (non-hydrogen) atoms. The van der Waals surface area contributed by atoms with E-state index in [1.165, 1.54) is 11.1 Å². The van der Waals surface area contributed by atoms with E-state index in [4.69, 9.17) is 28.0 Å². The third-order valence-electron chi connectivity index (χ3n) is 6.98. The molecule has 6 heteroatoms. The van der Waals surface area contributed by atoms with Crippen molar-refractivity contribution in [3.05, 3.63) is 75.3 Å². The molecule has 0 spiro atoms. The van der Waals surface area contributed by atoms with Crippen LogP contribution in [0.4, 0.5) is 0 Å². The van der Waals surface area contributed by atoms with Gasteiger partial charge in [0.15, 0.2) is 0 Å². The van der Waals surface area contributed by atoms with E-state index in [9.17, 15) is 0 Å². The summed E-state index contributed by atoms with van der Waals surface area (Å²) in [4.78, 5) is 11.0. The SMILES string of the molecule is C[C@@H](CON=C1/C(=C/c2ccc(Cl)cc2Cl)CCC[C@@H]1C)CN1CCN(Cc2ccccc2)CC1. The Labute approximate surface area is 220 Å². The molecule has 1 aliphatic carbocycles. The van der Waals surface area contributed by atoms with Crippen molar-refractivity contribution in [2.75, 3.05) is 39.3 Å². The summed E-state index contributed by atoms with van der Waals surface area (Å²) < 4.78 is 0. The molecule has 2 aromatic rings. The quantitative estimate of drug-likeness (QED) is 0.354. The smallest absolute Gasteiger partial charge is 0.120 e. The molecule has 0 amide bonds. The average Bonchev–Trinajstić information content (AvgIpc) is 2.84. The van der Waals surface area contributed by atoms with Crippen molar-refractivity contribution < 1.29 is 4.84 Å². The van der Waals surface area contributed by atoms with Gasteiger partial charge < -0.3 is 9.74 Å². The molecule has 2 fully saturated rings. The van der Waals surface area contributed by atoms with E-state index < -0.39 is 0 Å². The van der Waals surface area contributed by atoms with Crippen molar-refractivity contribution >= 4 is 35.0 Å². The predicted molar refractivity (Wildman–Crippen MR) is 148 cm³/mol. The molecule has 188 valence electrons. The summed E-state index contributed by atoms with van der Waals surface area (Å²) in [7, 11) is 0. The van der Waals surface area contributed by atoms with Crippen LogP contribution in [0.25, 0.3) is 6.08 Å². The van der Waals surface area contributed by atoms with Crippen LogP contribution in [0.1, 0.15) is 44.2 Å². The highest BCUT2D eigenvalue weighted by Crippen LogP contribution is 2.30. The first-order chi connectivity index (χ1) is 17.0. The Hall–Kier alpha value is -1.85. The fraction of sp³-hybridized carbons (Fsp3) is 0.483. The molecule has 2 atom stereocenters. The zero-order valence-electron chi connectivity index (χ0n) is 20.9. The number of benzene rings is 2. The van der Waals surface area contributed by atoms with Crippen LogP contribution >= 0.6 is 23.2 Å². The molecule has 1 aliphatic heterocycles. The Morgan fingerprint density at radius 3 is 2.54 bits per heavy atom. The van der Waals surface area contributed by atoms with Gasteiger partial charge in [-0.1, -0.05) is 78.6 Å². The van der Waals surface area contributed by atoms with Gasteiger partial charge in [-0.3, -0.25) is 4.90 Å². The highest BCUT2D eigenvalue weighted by Gasteiger charge is 2.23. The lowest BCUT2D eigenvalue weighted by atomic mass is 9.84. The van der Waals surface area contributed by atoms with Gasteiger partial charge in [0.2, 0.25) is 0 Å². The monoisotopic (exact) mass is 513 g/mol. The molecule has 4 rings (SSSR count). The molecule has 2 aliphatic rings. The molecule has 0 N–H and O–H groups in total. The van der Waals surface area contributed by atoms with Gasteiger partial charge in [-0.15, -0.1) is 0 Å². The van der Waals surface area contributed by atoms with Crippen molar-refractivity contribution in [3.63, 3.8) is 0 Å². The summed E-state index contributed by atoms with van der Waals surface area (Å²) in [6, 6.07) is 16.4. The predicted octanol–water partition coefficient (Wildman–Crippen LogP) is 7.02. The van der Waals surface area contributed by atoms with Crippen molar-refractivity contribution in [3.8, 4) is 0 Å². The molecule has 1 saturated heterocycles. The third kappa shape index (κ3) is 7.82. The lowest BCUT2D eigenvalue weighted by molar-refractivity contribution is 0.0710. The van der Waals surface area contributed by atoms with E-state index in [1.807, 2.05) is 12.1 Å². The molecule has 2 aromatic carbocycles. The van der Waals surface area contributed by atoms with Gasteiger partial charge in [-0.05, 0) is 54.2 Å². The molecule has 0 aromatic heterocycles. The Bertz CT molecular complexity index is 1020. The number of piperazine rings is 1. The summed E-state index contributed by atoms with van der Waals surface area (Å²) in [5, 5.41) is 5.95. The highest BCUT2D eigenvalue weighted by atomic mass is 35.5. The highest BCUT2D eigenvalue weighted by molar-refractivity contribution is 6.35. The molecule has 4 nitrogen and oxygen atoms in total. The van der Waals surface area contributed by atoms with Gasteiger partial charge >= 0.3 is 0 Å². The maximum atomic E-state index is 6.41. The van der Waals surface area contributed by atoms with E-state index in [1.54, 1.807) is 6.07 Å². The molecule has 1 saturated carbocycles. The topological polar surface area (TPSA) is 28.1 Å². The largest absolute Gasteiger partial charge is 0.395 e. The van der Waals surface area contributed by atoms with E-state index >= 15 is 0 Å². The molecular weight excluding hydrogens is 477 g/mol. The summed E-state index contributed by atoms with van der Waals surface area (Å²) >= 11 is 12.5. The minimum absolute atomic E-state index is 0.383. The number of rotatable bonds is 8. The van der Waals surface area contributed by atoms with Crippen molar-refractivity contribution in [2.45, 2.75) is 39.7 Å². The Balaban J connectivity index is 1.27. The van der Waals surface area contributed by atoms with Crippen LogP contribution in [0, 0.1) is 11.8 Å². The number of allylic oxidation sites excluding steroid dienone is 1. The van der Waals surface area contributed by atoms with E-state index in [0.717, 1.165) is 69.8 Å². The second-order valence-electron chi connectivity index (χ2n) is 10.1. The van der Waals surface area contributed by atoms with Crippen LogP contribution in [-0.2, 0) is 11.4 Å². The van der Waals surface area contributed by atoms with Crippen molar-refractivity contribution in [1.29, 1.82) is 0 Å². The lowest BCUT2D eigenvalue weighted by Gasteiger charge is -2.35. The number of hydrogen-bond donors (Lipinski definition) is 0. The number of oxime groups is 1. The fourth-order valence-electron chi connectivity index (χ4n) is 4.98. The second-order valence-corrected chi connectivity index (χ2v) is 10.9. The summed E-state index contributed by atoms with van der Waals surface area (Å²) in [5.41, 5.74) is 4.65. The minimum Gasteiger partial charge on any atom is -0.395 e. The van der Waals surface area contributed by atoms with Crippen molar-refractivity contribution in [2.24, 2.45) is 17.0 Å². The second kappa shape index (κ2) is 12.9. The van der Waals surface area contributed by atoms with E-state index in [-0.39, 0.29) is 0 Å². The van der Waals surface area contributed by atoms with Crippen molar-refractivity contribution in [1.82, 2.24) is 9.80 Å². The summed E-state index contributed by atoms with van der Waals surface area (Å²) in [5.74, 6) is 0.811. The van der Waals surface area contributed by atoms with Crippen LogP contribution in [0.15, 0.2) is 59.3 Å². The van der Waals surface area contributed by atoms with Gasteiger partial charge in [0, 0.05) is 61.1 Å². The van der Waals surface area contributed by atoms with Gasteiger partial charge in [-0.2, -0.15) is 0 Å². The number of halogens is 2. The van der Waals surface area contributed by atoms with Crippen LogP contribution < -0.4 is 0 Å². The zero-order valence-corrected chi connectivity index (χ0v) is 22.4. The van der Waals surface area contributed by atoms with E-state index in [0.29, 0.717) is 28.5 Å². The Morgan fingerprint density at radius 1 is 1.06 bits per heavy atom. The molecule has 0 unspecified atom stereocenters. The van der Waals surface area contributed by atoms with Crippen LogP contribution in [0.5, 0.6) is 0 Å². The maximum absolute atomic E-state index is 6.41. The van der Waals surface area contributed by atoms with Gasteiger partial charge in [0.1, 0.15) is 6.61 Å².